The van der Waals surface area contributed by atoms with E-state index < -0.39 is 5.97 Å². The predicted molar refractivity (Wildman–Crippen MR) is 96.7 cm³/mol. The number of carbonyl (C=O) groups is 2. The van der Waals surface area contributed by atoms with E-state index in [0.717, 1.165) is 11.1 Å². The van der Waals surface area contributed by atoms with Gasteiger partial charge in [0.1, 0.15) is 10.9 Å². The maximum atomic E-state index is 12.4. The molecule has 1 aliphatic heterocycles. The summed E-state index contributed by atoms with van der Waals surface area (Å²) in [5.41, 5.74) is 2.00. The van der Waals surface area contributed by atoms with E-state index >= 15 is 0 Å². The van der Waals surface area contributed by atoms with Gasteiger partial charge in [0.25, 0.3) is 5.91 Å². The van der Waals surface area contributed by atoms with Gasteiger partial charge in [-0.3, -0.25) is 14.5 Å². The number of hydrogen-bond acceptors (Lipinski definition) is 5. The second-order valence-electron chi connectivity index (χ2n) is 4.87. The molecule has 6 heteroatoms. The van der Waals surface area contributed by atoms with E-state index in [1.54, 1.807) is 13.0 Å². The molecule has 1 aliphatic rings. The Labute approximate surface area is 145 Å². The van der Waals surface area contributed by atoms with Gasteiger partial charge in [-0.25, -0.2) is 0 Å². The van der Waals surface area contributed by atoms with Crippen LogP contribution in [0, 0.1) is 0 Å². The summed E-state index contributed by atoms with van der Waals surface area (Å²) in [6.07, 6.45) is 3.77. The number of nitrogens with zero attached hydrogens (tertiary/aromatic N) is 1. The van der Waals surface area contributed by atoms with Crippen molar-refractivity contribution in [3.8, 4) is 0 Å². The van der Waals surface area contributed by atoms with Gasteiger partial charge in [0.05, 0.1) is 11.5 Å². The molecule has 0 aromatic heterocycles. The fraction of sp³-hybridized carbons (Fsp3) is 0.235. The summed E-state index contributed by atoms with van der Waals surface area (Å²) in [6.45, 7) is 3.78. The van der Waals surface area contributed by atoms with E-state index in [9.17, 15) is 9.59 Å². The zero-order chi connectivity index (χ0) is 16.8. The number of benzene rings is 1. The van der Waals surface area contributed by atoms with E-state index in [2.05, 4.69) is 0 Å². The van der Waals surface area contributed by atoms with Gasteiger partial charge in [-0.1, -0.05) is 60.4 Å². The van der Waals surface area contributed by atoms with Gasteiger partial charge in [-0.05, 0) is 31.1 Å². The Balaban J connectivity index is 2.12. The summed E-state index contributed by atoms with van der Waals surface area (Å²) >= 11 is 6.38. The maximum absolute atomic E-state index is 12.4. The molecular formula is C17H17NO3S2. The van der Waals surface area contributed by atoms with E-state index in [1.807, 2.05) is 43.3 Å². The van der Waals surface area contributed by atoms with Gasteiger partial charge in [-0.2, -0.15) is 0 Å². The lowest BCUT2D eigenvalue weighted by atomic mass is 10.1. The molecule has 1 aromatic rings. The number of carbonyl (C=O) groups excluding carboxylic acids is 2. The highest BCUT2D eigenvalue weighted by molar-refractivity contribution is 8.26. The summed E-state index contributed by atoms with van der Waals surface area (Å²) in [6, 6.07) is 9.84. The summed E-state index contributed by atoms with van der Waals surface area (Å²) < 4.78 is 5.24. The van der Waals surface area contributed by atoms with Crippen LogP contribution in [-0.2, 0) is 14.3 Å². The molecule has 1 aromatic carbocycles. The quantitative estimate of drug-likeness (QED) is 0.464. The number of ether oxygens (including phenoxy) is 1. The molecule has 0 bridgehead atoms. The zero-order valence-electron chi connectivity index (χ0n) is 12.9. The summed E-state index contributed by atoms with van der Waals surface area (Å²) in [4.78, 5) is 25.7. The molecule has 0 N–H and O–H groups in total. The van der Waals surface area contributed by atoms with Gasteiger partial charge >= 0.3 is 5.97 Å². The van der Waals surface area contributed by atoms with Crippen LogP contribution in [0.5, 0.6) is 0 Å². The van der Waals surface area contributed by atoms with Crippen molar-refractivity contribution < 1.29 is 14.3 Å². The Hall–Kier alpha value is -1.92. The molecular weight excluding hydrogens is 330 g/mol. The standard InChI is InChI=1S/C17H17NO3S2/c1-3-21-15(19)11-18-16(20)14(23-17(18)22)10-12(2)9-13-7-5-4-6-8-13/h4-10H,3,11H2,1-2H3/b12-9+,14-10+. The molecule has 23 heavy (non-hydrogen) atoms. The van der Waals surface area contributed by atoms with Crippen LogP contribution in [0.4, 0.5) is 0 Å². The van der Waals surface area contributed by atoms with Gasteiger partial charge in [0, 0.05) is 0 Å². The van der Waals surface area contributed by atoms with Crippen LogP contribution in [0.3, 0.4) is 0 Å². The monoisotopic (exact) mass is 347 g/mol. The molecule has 1 amide bonds. The number of thioether (sulfide) groups is 1. The number of amides is 1. The van der Waals surface area contributed by atoms with Crippen LogP contribution in [0.25, 0.3) is 6.08 Å². The maximum Gasteiger partial charge on any atom is 0.326 e. The molecule has 120 valence electrons. The van der Waals surface area contributed by atoms with Crippen LogP contribution in [0.2, 0.25) is 0 Å². The second kappa shape index (κ2) is 8.08. The van der Waals surface area contributed by atoms with Crippen LogP contribution >= 0.6 is 24.0 Å². The first kappa shape index (κ1) is 17.4. The molecule has 1 heterocycles. The van der Waals surface area contributed by atoms with Gasteiger partial charge < -0.3 is 4.74 Å². The summed E-state index contributed by atoms with van der Waals surface area (Å²) in [7, 11) is 0. The highest BCUT2D eigenvalue weighted by Crippen LogP contribution is 2.31. The number of esters is 1. The highest BCUT2D eigenvalue weighted by atomic mass is 32.2. The Bertz CT molecular complexity index is 680. The van der Waals surface area contributed by atoms with E-state index in [4.69, 9.17) is 17.0 Å². The SMILES string of the molecule is CCOC(=O)CN1C(=O)/C(=C\C(C)=C\c2ccccc2)SC1=S. The van der Waals surface area contributed by atoms with E-state index in [1.165, 1.54) is 16.7 Å². The minimum atomic E-state index is -0.457. The third kappa shape index (κ3) is 4.77. The molecule has 4 nitrogen and oxygen atoms in total. The van der Waals surface area contributed by atoms with Crippen molar-refractivity contribution in [3.05, 3.63) is 52.4 Å². The van der Waals surface area contributed by atoms with Crippen molar-refractivity contribution in [2.24, 2.45) is 0 Å². The van der Waals surface area contributed by atoms with Crippen LogP contribution in [0.15, 0.2) is 46.9 Å². The van der Waals surface area contributed by atoms with Crippen molar-refractivity contribution in [1.82, 2.24) is 4.90 Å². The van der Waals surface area contributed by atoms with Gasteiger partial charge in [0.2, 0.25) is 0 Å². The van der Waals surface area contributed by atoms with Crippen LogP contribution in [0.1, 0.15) is 19.4 Å². The molecule has 1 saturated heterocycles. The molecule has 0 aliphatic carbocycles. The second-order valence-corrected chi connectivity index (χ2v) is 6.55. The minimum absolute atomic E-state index is 0.142. The summed E-state index contributed by atoms with van der Waals surface area (Å²) in [5, 5.41) is 0. The highest BCUT2D eigenvalue weighted by Gasteiger charge is 2.33. The fourth-order valence-corrected chi connectivity index (χ4v) is 3.34. The lowest BCUT2D eigenvalue weighted by molar-refractivity contribution is -0.145. The molecule has 0 radical (unpaired) electrons. The first-order valence-corrected chi connectivity index (χ1v) is 8.38. The average Bonchev–Trinajstić information content (AvgIpc) is 2.76. The molecule has 0 atom stereocenters. The number of rotatable bonds is 5. The number of thiocarbonyl (C=S) groups is 1. The van der Waals surface area contributed by atoms with Crippen molar-refractivity contribution >= 4 is 46.3 Å². The Morgan fingerprint density at radius 3 is 2.70 bits per heavy atom. The zero-order valence-corrected chi connectivity index (χ0v) is 14.6. The van der Waals surface area contributed by atoms with Crippen LogP contribution in [-0.4, -0.2) is 34.2 Å². The Kier molecular flexibility index (Phi) is 6.12. The Morgan fingerprint density at radius 2 is 2.04 bits per heavy atom. The van der Waals surface area contributed by atoms with Gasteiger partial charge in [-0.15, -0.1) is 0 Å². The molecule has 2 rings (SSSR count). The minimum Gasteiger partial charge on any atom is -0.465 e. The van der Waals surface area contributed by atoms with Crippen molar-refractivity contribution in [2.75, 3.05) is 13.2 Å². The molecule has 1 fully saturated rings. The Morgan fingerprint density at radius 1 is 1.35 bits per heavy atom. The largest absolute Gasteiger partial charge is 0.465 e. The lowest BCUT2D eigenvalue weighted by Crippen LogP contribution is -2.34. The molecule has 0 spiro atoms. The van der Waals surface area contributed by atoms with Gasteiger partial charge in [0.15, 0.2) is 0 Å². The van der Waals surface area contributed by atoms with E-state index in [0.29, 0.717) is 9.23 Å². The fourth-order valence-electron chi connectivity index (χ4n) is 2.03. The summed E-state index contributed by atoms with van der Waals surface area (Å²) in [5.74, 6) is -0.713. The normalized spacial score (nSPS) is 17.0. The topological polar surface area (TPSA) is 46.6 Å². The number of allylic oxidation sites excluding steroid dienone is 2. The predicted octanol–water partition coefficient (Wildman–Crippen LogP) is 3.40. The smallest absolute Gasteiger partial charge is 0.326 e. The van der Waals surface area contributed by atoms with Crippen molar-refractivity contribution in [1.29, 1.82) is 0 Å². The van der Waals surface area contributed by atoms with Crippen molar-refractivity contribution in [3.63, 3.8) is 0 Å². The molecule has 0 saturated carbocycles. The first-order valence-electron chi connectivity index (χ1n) is 7.15. The average molecular weight is 347 g/mol. The molecule has 0 unspecified atom stereocenters. The third-order valence-electron chi connectivity index (χ3n) is 3.02. The lowest BCUT2D eigenvalue weighted by Gasteiger charge is -2.12. The van der Waals surface area contributed by atoms with Crippen LogP contribution < -0.4 is 0 Å². The van der Waals surface area contributed by atoms with E-state index in [-0.39, 0.29) is 19.1 Å². The first-order chi connectivity index (χ1) is 11.0. The number of hydrogen-bond donors (Lipinski definition) is 0. The third-order valence-corrected chi connectivity index (χ3v) is 4.40. The van der Waals surface area contributed by atoms with Crippen molar-refractivity contribution in [2.45, 2.75) is 13.8 Å².